The van der Waals surface area contributed by atoms with Gasteiger partial charge in [0.1, 0.15) is 5.54 Å². The maximum atomic E-state index is 12.8. The predicted molar refractivity (Wildman–Crippen MR) is 96.8 cm³/mol. The lowest BCUT2D eigenvalue weighted by molar-refractivity contribution is -0.134. The molecule has 0 unspecified atom stereocenters. The average molecular weight is 396 g/mol. The molecule has 2 fully saturated rings. The van der Waals surface area contributed by atoms with Crippen molar-refractivity contribution < 1.29 is 14.4 Å². The van der Waals surface area contributed by atoms with E-state index in [2.05, 4.69) is 10.6 Å². The van der Waals surface area contributed by atoms with E-state index in [1.54, 1.807) is 11.0 Å². The molecule has 1 saturated carbocycles. The van der Waals surface area contributed by atoms with E-state index in [-0.39, 0.29) is 30.2 Å². The number of fused-ring (bicyclic) bond motifs is 1. The first-order valence-corrected chi connectivity index (χ1v) is 9.48. The van der Waals surface area contributed by atoms with Crippen molar-refractivity contribution in [1.29, 1.82) is 0 Å². The van der Waals surface area contributed by atoms with Crippen LogP contribution in [0.2, 0.25) is 10.0 Å². The monoisotopic (exact) mass is 395 g/mol. The SMILES string of the molecule is C[C@H]1c2cc(Cl)c(Cl)cc2CN1C(=O)CC[C@@]1(C2CC2)NC(=O)NC1=O. The number of halogens is 2. The van der Waals surface area contributed by atoms with Crippen LogP contribution in [0.4, 0.5) is 4.79 Å². The molecule has 6 nitrogen and oxygen atoms in total. The fourth-order valence-electron chi connectivity index (χ4n) is 4.12. The van der Waals surface area contributed by atoms with Crippen LogP contribution >= 0.6 is 23.2 Å². The molecule has 2 aliphatic heterocycles. The fourth-order valence-corrected chi connectivity index (χ4v) is 4.48. The van der Waals surface area contributed by atoms with Crippen molar-refractivity contribution in [3.05, 3.63) is 33.3 Å². The number of urea groups is 1. The van der Waals surface area contributed by atoms with Gasteiger partial charge in [0.05, 0.1) is 16.1 Å². The van der Waals surface area contributed by atoms with Gasteiger partial charge in [-0.05, 0) is 55.4 Å². The van der Waals surface area contributed by atoms with Crippen molar-refractivity contribution in [2.24, 2.45) is 5.92 Å². The zero-order valence-corrected chi connectivity index (χ0v) is 15.8. The van der Waals surface area contributed by atoms with Gasteiger partial charge in [0.2, 0.25) is 5.91 Å². The van der Waals surface area contributed by atoms with Crippen molar-refractivity contribution in [1.82, 2.24) is 15.5 Å². The smallest absolute Gasteiger partial charge is 0.322 e. The number of carbonyl (C=O) groups excluding carboxylic acids is 3. The molecule has 26 heavy (non-hydrogen) atoms. The maximum Gasteiger partial charge on any atom is 0.322 e. The van der Waals surface area contributed by atoms with Crippen molar-refractivity contribution in [3.63, 3.8) is 0 Å². The summed E-state index contributed by atoms with van der Waals surface area (Å²) in [4.78, 5) is 38.5. The van der Waals surface area contributed by atoms with E-state index in [1.165, 1.54) is 0 Å². The first-order chi connectivity index (χ1) is 12.3. The first kappa shape index (κ1) is 17.6. The van der Waals surface area contributed by atoms with Crippen LogP contribution in [0.3, 0.4) is 0 Å². The van der Waals surface area contributed by atoms with Crippen molar-refractivity contribution in [2.75, 3.05) is 0 Å². The molecule has 0 bridgehead atoms. The quantitative estimate of drug-likeness (QED) is 0.768. The number of rotatable bonds is 4. The molecule has 3 aliphatic rings. The van der Waals surface area contributed by atoms with Crippen LogP contribution in [-0.4, -0.2) is 28.3 Å². The lowest BCUT2D eigenvalue weighted by atomic mass is 9.87. The zero-order valence-electron chi connectivity index (χ0n) is 14.3. The van der Waals surface area contributed by atoms with Crippen molar-refractivity contribution in [3.8, 4) is 0 Å². The molecular formula is C18H19Cl2N3O3. The molecule has 1 aliphatic carbocycles. The maximum absolute atomic E-state index is 12.8. The third-order valence-corrected chi connectivity index (χ3v) is 6.46. The summed E-state index contributed by atoms with van der Waals surface area (Å²) in [7, 11) is 0. The number of imide groups is 1. The van der Waals surface area contributed by atoms with Gasteiger partial charge in [0.25, 0.3) is 5.91 Å². The Hall–Kier alpha value is -1.79. The topological polar surface area (TPSA) is 78.5 Å². The summed E-state index contributed by atoms with van der Waals surface area (Å²) in [6.07, 6.45) is 2.30. The zero-order chi connectivity index (χ0) is 18.6. The van der Waals surface area contributed by atoms with Gasteiger partial charge < -0.3 is 10.2 Å². The Bertz CT molecular complexity index is 824. The van der Waals surface area contributed by atoms with Gasteiger partial charge in [-0.15, -0.1) is 0 Å². The molecular weight excluding hydrogens is 377 g/mol. The highest BCUT2D eigenvalue weighted by molar-refractivity contribution is 6.42. The van der Waals surface area contributed by atoms with Gasteiger partial charge >= 0.3 is 6.03 Å². The largest absolute Gasteiger partial charge is 0.332 e. The molecule has 4 rings (SSSR count). The van der Waals surface area contributed by atoms with E-state index in [0.29, 0.717) is 23.0 Å². The number of benzene rings is 1. The highest BCUT2D eigenvalue weighted by atomic mass is 35.5. The number of nitrogens with zero attached hydrogens (tertiary/aromatic N) is 1. The van der Waals surface area contributed by atoms with Crippen molar-refractivity contribution >= 4 is 41.0 Å². The molecule has 2 heterocycles. The molecule has 0 spiro atoms. The Balaban J connectivity index is 1.47. The van der Waals surface area contributed by atoms with Crippen LogP contribution in [0.15, 0.2) is 12.1 Å². The molecule has 2 N–H and O–H groups in total. The minimum atomic E-state index is -0.935. The lowest BCUT2D eigenvalue weighted by Gasteiger charge is -2.28. The van der Waals surface area contributed by atoms with E-state index in [4.69, 9.17) is 23.2 Å². The third-order valence-electron chi connectivity index (χ3n) is 5.74. The second-order valence-corrected chi connectivity index (χ2v) is 8.13. The Morgan fingerprint density at radius 2 is 1.96 bits per heavy atom. The summed E-state index contributed by atoms with van der Waals surface area (Å²) in [5.41, 5.74) is 1.05. The van der Waals surface area contributed by atoms with E-state index in [9.17, 15) is 14.4 Å². The predicted octanol–water partition coefficient (Wildman–Crippen LogP) is 3.17. The highest BCUT2D eigenvalue weighted by Crippen LogP contribution is 2.44. The summed E-state index contributed by atoms with van der Waals surface area (Å²) in [6, 6.07) is 3.05. The van der Waals surface area contributed by atoms with Gasteiger partial charge in [-0.1, -0.05) is 23.2 Å². The first-order valence-electron chi connectivity index (χ1n) is 8.72. The van der Waals surface area contributed by atoms with Crippen LogP contribution in [0.5, 0.6) is 0 Å². The summed E-state index contributed by atoms with van der Waals surface area (Å²) >= 11 is 12.2. The molecule has 8 heteroatoms. The Kier molecular flexibility index (Phi) is 4.15. The summed E-state index contributed by atoms with van der Waals surface area (Å²) in [5.74, 6) is -0.239. The number of carbonyl (C=O) groups is 3. The normalized spacial score (nSPS) is 27.3. The molecule has 1 saturated heterocycles. The van der Waals surface area contributed by atoms with Gasteiger partial charge in [0.15, 0.2) is 0 Å². The number of hydrogen-bond donors (Lipinski definition) is 2. The van der Waals surface area contributed by atoms with E-state index in [1.807, 2.05) is 13.0 Å². The molecule has 0 radical (unpaired) electrons. The van der Waals surface area contributed by atoms with Gasteiger partial charge in [-0.25, -0.2) is 4.79 Å². The van der Waals surface area contributed by atoms with E-state index in [0.717, 1.165) is 24.0 Å². The van der Waals surface area contributed by atoms with Gasteiger partial charge in [-0.3, -0.25) is 14.9 Å². The lowest BCUT2D eigenvalue weighted by Crippen LogP contribution is -2.49. The number of hydrogen-bond acceptors (Lipinski definition) is 3. The number of amides is 4. The van der Waals surface area contributed by atoms with Crippen LogP contribution < -0.4 is 10.6 Å². The van der Waals surface area contributed by atoms with Crippen molar-refractivity contribution in [2.45, 2.75) is 50.7 Å². The van der Waals surface area contributed by atoms with E-state index >= 15 is 0 Å². The van der Waals surface area contributed by atoms with Crippen LogP contribution in [0.1, 0.15) is 49.8 Å². The Labute approximate surface area is 161 Å². The minimum absolute atomic E-state index is 0.0464. The summed E-state index contributed by atoms with van der Waals surface area (Å²) in [5, 5.41) is 6.03. The second kappa shape index (κ2) is 6.13. The standard InChI is InChI=1S/C18H19Cl2N3O3/c1-9-12-7-14(20)13(19)6-10(12)8-23(9)15(24)4-5-18(11-2-3-11)16(25)21-17(26)22-18/h6-7,9,11H,2-5,8H2,1H3,(H2,21,22,25,26)/t9-,18-/m0/s1. The highest BCUT2D eigenvalue weighted by Gasteiger charge is 2.55. The summed E-state index contributed by atoms with van der Waals surface area (Å²) in [6.45, 7) is 2.43. The second-order valence-electron chi connectivity index (χ2n) is 7.32. The van der Waals surface area contributed by atoms with Gasteiger partial charge in [-0.2, -0.15) is 0 Å². The Morgan fingerprint density at radius 3 is 2.58 bits per heavy atom. The Morgan fingerprint density at radius 1 is 1.27 bits per heavy atom. The van der Waals surface area contributed by atoms with Crippen LogP contribution in [0, 0.1) is 5.92 Å². The molecule has 2 atom stereocenters. The van der Waals surface area contributed by atoms with Crippen LogP contribution in [0.25, 0.3) is 0 Å². The van der Waals surface area contributed by atoms with E-state index < -0.39 is 11.6 Å². The molecule has 1 aromatic rings. The van der Waals surface area contributed by atoms with Crippen LogP contribution in [-0.2, 0) is 16.1 Å². The van der Waals surface area contributed by atoms with Gasteiger partial charge in [0, 0.05) is 13.0 Å². The number of nitrogens with one attached hydrogen (secondary N) is 2. The molecule has 138 valence electrons. The fraction of sp³-hybridized carbons (Fsp3) is 0.500. The average Bonchev–Trinajstić information content (AvgIpc) is 3.33. The molecule has 4 amide bonds. The minimum Gasteiger partial charge on any atom is -0.332 e. The third kappa shape index (κ3) is 2.76. The molecule has 0 aromatic heterocycles. The summed E-state index contributed by atoms with van der Waals surface area (Å²) < 4.78 is 0. The molecule has 1 aromatic carbocycles.